The van der Waals surface area contributed by atoms with Crippen molar-refractivity contribution in [2.24, 2.45) is 5.92 Å². The Kier molecular flexibility index (Phi) is 5.67. The second-order valence-electron chi connectivity index (χ2n) is 8.39. The van der Waals surface area contributed by atoms with Gasteiger partial charge >= 0.3 is 6.18 Å². The van der Waals surface area contributed by atoms with Crippen LogP contribution in [0, 0.1) is 11.7 Å². The van der Waals surface area contributed by atoms with Gasteiger partial charge in [-0.25, -0.2) is 9.37 Å². The number of carbonyl (C=O) groups is 1. The third kappa shape index (κ3) is 4.32. The van der Waals surface area contributed by atoms with Crippen molar-refractivity contribution in [1.82, 2.24) is 19.3 Å². The van der Waals surface area contributed by atoms with E-state index in [0.717, 1.165) is 23.3 Å². The van der Waals surface area contributed by atoms with E-state index in [4.69, 9.17) is 11.6 Å². The molecule has 0 spiro atoms. The Balaban J connectivity index is 1.47. The SMILES string of the molecule is O=C(c1nc2c(C(F)(F)F)cc(C=CC3CC3)cn2c1Cl)N1CC=C(c2ncccc2F)CC1. The molecule has 1 amide bonds. The average Bonchev–Trinajstić information content (AvgIpc) is 3.59. The third-order valence-electron chi connectivity index (χ3n) is 5.93. The summed E-state index contributed by atoms with van der Waals surface area (Å²) in [6.07, 6.45) is 5.84. The van der Waals surface area contributed by atoms with Gasteiger partial charge in [-0.05, 0) is 54.5 Å². The van der Waals surface area contributed by atoms with Crippen LogP contribution in [0.2, 0.25) is 5.15 Å². The molecule has 176 valence electrons. The van der Waals surface area contributed by atoms with E-state index in [1.54, 1.807) is 12.2 Å². The van der Waals surface area contributed by atoms with E-state index in [9.17, 15) is 22.4 Å². The van der Waals surface area contributed by atoms with Gasteiger partial charge in [0.1, 0.15) is 16.7 Å². The molecule has 1 aliphatic carbocycles. The van der Waals surface area contributed by atoms with E-state index in [-0.39, 0.29) is 29.6 Å². The first-order valence-electron chi connectivity index (χ1n) is 10.8. The summed E-state index contributed by atoms with van der Waals surface area (Å²) < 4.78 is 56.5. The molecule has 10 heteroatoms. The van der Waals surface area contributed by atoms with E-state index in [1.165, 1.54) is 29.4 Å². The van der Waals surface area contributed by atoms with Crippen molar-refractivity contribution in [2.75, 3.05) is 13.1 Å². The predicted octanol–water partition coefficient (Wildman–Crippen LogP) is 5.89. The monoisotopic (exact) mass is 490 g/mol. The molecule has 3 aromatic rings. The number of alkyl halides is 3. The summed E-state index contributed by atoms with van der Waals surface area (Å²) in [5.74, 6) is -0.658. The number of aromatic nitrogens is 3. The fourth-order valence-corrected chi connectivity index (χ4v) is 4.20. The van der Waals surface area contributed by atoms with Crippen molar-refractivity contribution >= 4 is 34.8 Å². The molecule has 2 aliphatic rings. The number of nitrogens with zero attached hydrogens (tertiary/aromatic N) is 4. The van der Waals surface area contributed by atoms with Crippen LogP contribution in [0.4, 0.5) is 17.6 Å². The van der Waals surface area contributed by atoms with Gasteiger partial charge in [0.05, 0.1) is 5.56 Å². The largest absolute Gasteiger partial charge is 0.420 e. The van der Waals surface area contributed by atoms with Crippen molar-refractivity contribution in [3.8, 4) is 0 Å². The zero-order chi connectivity index (χ0) is 24.0. The van der Waals surface area contributed by atoms with Gasteiger partial charge in [-0.15, -0.1) is 0 Å². The molecule has 0 unspecified atom stereocenters. The summed E-state index contributed by atoms with van der Waals surface area (Å²) in [6.45, 7) is 0.363. The number of imidazole rings is 1. The van der Waals surface area contributed by atoms with Gasteiger partial charge in [0.15, 0.2) is 11.3 Å². The summed E-state index contributed by atoms with van der Waals surface area (Å²) in [4.78, 5) is 22.6. The van der Waals surface area contributed by atoms with Crippen LogP contribution in [0.25, 0.3) is 17.3 Å². The maximum absolute atomic E-state index is 14.0. The number of fused-ring (bicyclic) bond motifs is 1. The zero-order valence-corrected chi connectivity index (χ0v) is 18.6. The highest BCUT2D eigenvalue weighted by atomic mass is 35.5. The molecule has 4 heterocycles. The quantitative estimate of drug-likeness (QED) is 0.428. The molecule has 0 bridgehead atoms. The van der Waals surface area contributed by atoms with Gasteiger partial charge < -0.3 is 4.90 Å². The van der Waals surface area contributed by atoms with Crippen molar-refractivity contribution in [3.05, 3.63) is 76.2 Å². The van der Waals surface area contributed by atoms with Crippen LogP contribution in [-0.4, -0.2) is 38.3 Å². The molecule has 1 saturated carbocycles. The minimum Gasteiger partial charge on any atom is -0.333 e. The lowest BCUT2D eigenvalue weighted by Gasteiger charge is -2.25. The number of amides is 1. The zero-order valence-electron chi connectivity index (χ0n) is 17.8. The molecule has 1 aliphatic heterocycles. The molecular formula is C24H19ClF4N4O. The van der Waals surface area contributed by atoms with Crippen molar-refractivity contribution in [1.29, 1.82) is 0 Å². The van der Waals surface area contributed by atoms with Crippen molar-refractivity contribution < 1.29 is 22.4 Å². The molecule has 0 radical (unpaired) electrons. The topological polar surface area (TPSA) is 50.5 Å². The van der Waals surface area contributed by atoms with Gasteiger partial charge in [-0.3, -0.25) is 14.2 Å². The number of hydrogen-bond donors (Lipinski definition) is 0. The fraction of sp³-hybridized carbons (Fsp3) is 0.292. The van der Waals surface area contributed by atoms with E-state index in [1.807, 2.05) is 6.08 Å². The van der Waals surface area contributed by atoms with Crippen molar-refractivity contribution in [2.45, 2.75) is 25.4 Å². The Morgan fingerprint density at radius 1 is 1.26 bits per heavy atom. The summed E-state index contributed by atoms with van der Waals surface area (Å²) >= 11 is 6.37. The van der Waals surface area contributed by atoms with Gasteiger partial charge in [0, 0.05) is 25.5 Å². The van der Waals surface area contributed by atoms with Gasteiger partial charge in [0.2, 0.25) is 0 Å². The first-order chi connectivity index (χ1) is 16.2. The fourth-order valence-electron chi connectivity index (χ4n) is 3.95. The van der Waals surface area contributed by atoms with E-state index >= 15 is 0 Å². The Morgan fingerprint density at radius 2 is 2.06 bits per heavy atom. The Bertz CT molecular complexity index is 1340. The molecule has 5 nitrogen and oxygen atoms in total. The van der Waals surface area contributed by atoms with Crippen LogP contribution in [0.3, 0.4) is 0 Å². The Hall–Kier alpha value is -3.20. The molecule has 0 atom stereocenters. The highest BCUT2D eigenvalue weighted by Crippen LogP contribution is 2.36. The summed E-state index contributed by atoms with van der Waals surface area (Å²) in [6, 6.07) is 3.82. The number of rotatable bonds is 4. The Labute approximate surface area is 197 Å². The molecule has 0 N–H and O–H groups in total. The van der Waals surface area contributed by atoms with Gasteiger partial charge in [0.25, 0.3) is 5.91 Å². The molecule has 1 fully saturated rings. The second-order valence-corrected chi connectivity index (χ2v) is 8.75. The van der Waals surface area contributed by atoms with Crippen molar-refractivity contribution in [3.63, 3.8) is 0 Å². The van der Waals surface area contributed by atoms with E-state index < -0.39 is 29.1 Å². The van der Waals surface area contributed by atoms with Crippen LogP contribution in [0.5, 0.6) is 0 Å². The summed E-state index contributed by atoms with van der Waals surface area (Å²) in [5.41, 5.74) is -0.424. The van der Waals surface area contributed by atoms with E-state index in [2.05, 4.69) is 9.97 Å². The summed E-state index contributed by atoms with van der Waals surface area (Å²) in [5, 5.41) is -0.183. The standard InChI is InChI=1S/C24H19ClF4N4O/c25-21-20(23(34)32-10-7-16(8-11-32)19-18(26)2-1-9-30-19)31-22-17(24(27,28)29)12-15(13-33(21)22)6-5-14-3-4-14/h1-2,5-7,9,12-14H,3-4,8,10-11H2. The van der Waals surface area contributed by atoms with Crippen LogP contribution < -0.4 is 0 Å². The highest BCUT2D eigenvalue weighted by molar-refractivity contribution is 6.33. The maximum atomic E-state index is 14.0. The maximum Gasteiger partial charge on any atom is 0.420 e. The molecule has 0 saturated heterocycles. The minimum atomic E-state index is -4.67. The number of allylic oxidation sites excluding steroid dienone is 1. The van der Waals surface area contributed by atoms with Crippen LogP contribution in [-0.2, 0) is 6.18 Å². The molecular weight excluding hydrogens is 472 g/mol. The Morgan fingerprint density at radius 3 is 2.71 bits per heavy atom. The average molecular weight is 491 g/mol. The lowest BCUT2D eigenvalue weighted by atomic mass is 10.0. The predicted molar refractivity (Wildman–Crippen MR) is 120 cm³/mol. The van der Waals surface area contributed by atoms with Crippen LogP contribution in [0.1, 0.15) is 46.6 Å². The van der Waals surface area contributed by atoms with Crippen LogP contribution >= 0.6 is 11.6 Å². The first-order valence-corrected chi connectivity index (χ1v) is 11.2. The highest BCUT2D eigenvalue weighted by Gasteiger charge is 2.36. The molecule has 5 rings (SSSR count). The lowest BCUT2D eigenvalue weighted by Crippen LogP contribution is -2.35. The second kappa shape index (κ2) is 8.54. The lowest BCUT2D eigenvalue weighted by molar-refractivity contribution is -0.136. The molecule has 3 aromatic heterocycles. The summed E-state index contributed by atoms with van der Waals surface area (Å²) in [7, 11) is 0. The first kappa shape index (κ1) is 22.6. The smallest absolute Gasteiger partial charge is 0.333 e. The van der Waals surface area contributed by atoms with Gasteiger partial charge in [-0.2, -0.15) is 13.2 Å². The van der Waals surface area contributed by atoms with Crippen LogP contribution in [0.15, 0.2) is 42.7 Å². The number of halogens is 5. The van der Waals surface area contributed by atoms with Gasteiger partial charge in [-0.1, -0.05) is 29.8 Å². The number of pyridine rings is 2. The molecule has 34 heavy (non-hydrogen) atoms. The third-order valence-corrected chi connectivity index (χ3v) is 6.29. The number of hydrogen-bond acceptors (Lipinski definition) is 3. The number of carbonyl (C=O) groups excluding carboxylic acids is 1. The minimum absolute atomic E-state index is 0.135. The normalized spacial score (nSPS) is 17.0. The molecule has 0 aromatic carbocycles. The van der Waals surface area contributed by atoms with E-state index in [0.29, 0.717) is 23.5 Å².